The standard InChI is InChI=1S/C33H19F4NO4/c34-22-9-1-18(2-10-22)26(39)17-27(40)29-28(19-3-11-23(35)12-4-19)30(32(41)21-7-15-25(37)16-8-21)33(42)38-31(29)20-5-13-24(36)14-6-20/h1-16H,17H2,(H,38,42). The highest BCUT2D eigenvalue weighted by Crippen LogP contribution is 2.35. The molecule has 0 unspecified atom stereocenters. The summed E-state index contributed by atoms with van der Waals surface area (Å²) in [4.78, 5) is 56.8. The lowest BCUT2D eigenvalue weighted by Gasteiger charge is -2.18. The minimum absolute atomic E-state index is 0.0449. The lowest BCUT2D eigenvalue weighted by molar-refractivity contribution is 0.0894. The Balaban J connectivity index is 1.79. The Kier molecular flexibility index (Phi) is 7.75. The van der Waals surface area contributed by atoms with E-state index in [1.54, 1.807) is 0 Å². The highest BCUT2D eigenvalue weighted by atomic mass is 19.1. The van der Waals surface area contributed by atoms with Crippen molar-refractivity contribution in [2.75, 3.05) is 0 Å². The predicted molar refractivity (Wildman–Crippen MR) is 147 cm³/mol. The molecule has 0 saturated heterocycles. The van der Waals surface area contributed by atoms with Crippen LogP contribution in [0.4, 0.5) is 17.6 Å². The molecule has 1 heterocycles. The van der Waals surface area contributed by atoms with Crippen molar-refractivity contribution in [2.24, 2.45) is 0 Å². The number of carbonyl (C=O) groups is 3. The number of aromatic amines is 1. The van der Waals surface area contributed by atoms with Gasteiger partial charge in [0.15, 0.2) is 17.3 Å². The van der Waals surface area contributed by atoms with E-state index in [-0.39, 0.29) is 39.1 Å². The highest BCUT2D eigenvalue weighted by Gasteiger charge is 2.30. The first-order valence-electron chi connectivity index (χ1n) is 12.6. The maximum absolute atomic E-state index is 14.0. The number of H-pyrrole nitrogens is 1. The first-order valence-corrected chi connectivity index (χ1v) is 12.6. The van der Waals surface area contributed by atoms with Gasteiger partial charge in [-0.2, -0.15) is 0 Å². The Morgan fingerprint density at radius 3 is 1.45 bits per heavy atom. The van der Waals surface area contributed by atoms with Crippen LogP contribution in [0.2, 0.25) is 0 Å². The van der Waals surface area contributed by atoms with Gasteiger partial charge < -0.3 is 4.98 Å². The van der Waals surface area contributed by atoms with E-state index in [9.17, 15) is 36.7 Å². The van der Waals surface area contributed by atoms with Crippen molar-refractivity contribution in [1.29, 1.82) is 0 Å². The lowest BCUT2D eigenvalue weighted by Crippen LogP contribution is -2.25. The maximum Gasteiger partial charge on any atom is 0.260 e. The molecular formula is C33H19F4NO4. The van der Waals surface area contributed by atoms with Gasteiger partial charge in [0.1, 0.15) is 23.3 Å². The summed E-state index contributed by atoms with van der Waals surface area (Å²) in [6, 6.07) is 18.4. The molecule has 0 aliphatic carbocycles. The molecule has 0 spiro atoms. The average molecular weight is 570 g/mol. The van der Waals surface area contributed by atoms with E-state index in [0.717, 1.165) is 48.5 Å². The zero-order chi connectivity index (χ0) is 30.0. The van der Waals surface area contributed by atoms with Crippen LogP contribution in [0.5, 0.6) is 0 Å². The van der Waals surface area contributed by atoms with Crippen molar-refractivity contribution < 1.29 is 31.9 Å². The molecule has 0 atom stereocenters. The van der Waals surface area contributed by atoms with Gasteiger partial charge in [0.2, 0.25) is 0 Å². The van der Waals surface area contributed by atoms with E-state index < -0.39 is 58.2 Å². The van der Waals surface area contributed by atoms with Crippen molar-refractivity contribution in [1.82, 2.24) is 4.98 Å². The third kappa shape index (κ3) is 5.71. The summed E-state index contributed by atoms with van der Waals surface area (Å²) in [5, 5.41) is 0. The molecule has 5 rings (SSSR count). The van der Waals surface area contributed by atoms with Gasteiger partial charge >= 0.3 is 0 Å². The zero-order valence-electron chi connectivity index (χ0n) is 21.6. The number of Topliss-reactive ketones (excluding diaryl/α,β-unsaturated/α-hetero) is 2. The number of pyridine rings is 1. The number of carbonyl (C=O) groups excluding carboxylic acids is 3. The van der Waals surface area contributed by atoms with Crippen LogP contribution in [0, 0.1) is 23.3 Å². The van der Waals surface area contributed by atoms with Crippen LogP contribution in [-0.4, -0.2) is 22.3 Å². The molecule has 5 nitrogen and oxygen atoms in total. The van der Waals surface area contributed by atoms with Crippen LogP contribution in [-0.2, 0) is 0 Å². The van der Waals surface area contributed by atoms with Crippen molar-refractivity contribution in [2.45, 2.75) is 6.42 Å². The molecule has 5 aromatic rings. The third-order valence-corrected chi connectivity index (χ3v) is 6.58. The summed E-state index contributed by atoms with van der Waals surface area (Å²) in [5.41, 5.74) is -1.71. The van der Waals surface area contributed by atoms with Crippen molar-refractivity contribution in [3.05, 3.63) is 153 Å². The Morgan fingerprint density at radius 2 is 0.952 bits per heavy atom. The molecule has 0 fully saturated rings. The number of ketones is 3. The minimum atomic E-state index is -0.926. The van der Waals surface area contributed by atoms with E-state index in [1.165, 1.54) is 48.5 Å². The van der Waals surface area contributed by atoms with Crippen molar-refractivity contribution in [3.8, 4) is 22.4 Å². The minimum Gasteiger partial charge on any atom is -0.321 e. The smallest absolute Gasteiger partial charge is 0.260 e. The van der Waals surface area contributed by atoms with E-state index in [0.29, 0.717) is 0 Å². The molecule has 1 N–H and O–H groups in total. The fourth-order valence-electron chi connectivity index (χ4n) is 4.55. The monoisotopic (exact) mass is 569 g/mol. The molecule has 42 heavy (non-hydrogen) atoms. The normalized spacial score (nSPS) is 10.9. The Hall–Kier alpha value is -5.44. The second kappa shape index (κ2) is 11.6. The summed E-state index contributed by atoms with van der Waals surface area (Å²) < 4.78 is 54.7. The number of aromatic nitrogens is 1. The van der Waals surface area contributed by atoms with E-state index in [1.807, 2.05) is 0 Å². The molecule has 0 radical (unpaired) electrons. The lowest BCUT2D eigenvalue weighted by atomic mass is 9.86. The molecule has 1 aromatic heterocycles. The molecule has 0 bridgehead atoms. The van der Waals surface area contributed by atoms with Gasteiger partial charge in [0.05, 0.1) is 23.2 Å². The molecule has 208 valence electrons. The van der Waals surface area contributed by atoms with Crippen LogP contribution in [0.3, 0.4) is 0 Å². The van der Waals surface area contributed by atoms with E-state index >= 15 is 0 Å². The predicted octanol–water partition coefficient (Wildman–Crippen LogP) is 6.95. The third-order valence-electron chi connectivity index (χ3n) is 6.58. The number of benzene rings is 4. The summed E-state index contributed by atoms with van der Waals surface area (Å²) in [7, 11) is 0. The molecular weight excluding hydrogens is 550 g/mol. The topological polar surface area (TPSA) is 84.1 Å². The second-order valence-electron chi connectivity index (χ2n) is 9.33. The van der Waals surface area contributed by atoms with Crippen molar-refractivity contribution >= 4 is 17.3 Å². The Labute approximate surface area is 236 Å². The highest BCUT2D eigenvalue weighted by molar-refractivity contribution is 6.21. The molecule has 0 aliphatic rings. The van der Waals surface area contributed by atoms with Crippen LogP contribution in [0.25, 0.3) is 22.4 Å². The van der Waals surface area contributed by atoms with Crippen LogP contribution < -0.4 is 5.56 Å². The summed E-state index contributed by atoms with van der Waals surface area (Å²) >= 11 is 0. The fraction of sp³-hybridized carbons (Fsp3) is 0.0303. The molecule has 4 aromatic carbocycles. The largest absolute Gasteiger partial charge is 0.321 e. The zero-order valence-corrected chi connectivity index (χ0v) is 21.6. The fourth-order valence-corrected chi connectivity index (χ4v) is 4.55. The van der Waals surface area contributed by atoms with E-state index in [2.05, 4.69) is 4.98 Å². The van der Waals surface area contributed by atoms with Gasteiger partial charge in [-0.25, -0.2) is 17.6 Å². The molecule has 0 amide bonds. The number of halogens is 4. The van der Waals surface area contributed by atoms with Gasteiger partial charge in [-0.15, -0.1) is 0 Å². The van der Waals surface area contributed by atoms with Gasteiger partial charge in [0.25, 0.3) is 5.56 Å². The molecule has 0 aliphatic heterocycles. The Bertz CT molecular complexity index is 1880. The first-order chi connectivity index (χ1) is 20.1. The summed E-state index contributed by atoms with van der Waals surface area (Å²) in [5.74, 6) is -4.80. The SMILES string of the molecule is O=C(CC(=O)c1c(-c2ccc(F)cc2)[nH]c(=O)c(C(=O)c2ccc(F)cc2)c1-c1ccc(F)cc1)c1ccc(F)cc1. The number of rotatable bonds is 8. The van der Waals surface area contributed by atoms with Gasteiger partial charge in [0, 0.05) is 16.7 Å². The van der Waals surface area contributed by atoms with Gasteiger partial charge in [-0.3, -0.25) is 19.2 Å². The summed E-state index contributed by atoms with van der Waals surface area (Å²) in [6.45, 7) is 0. The quantitative estimate of drug-likeness (QED) is 0.125. The van der Waals surface area contributed by atoms with Crippen LogP contribution >= 0.6 is 0 Å². The molecule has 0 saturated carbocycles. The Morgan fingerprint density at radius 1 is 0.524 bits per heavy atom. The van der Waals surface area contributed by atoms with Gasteiger partial charge in [-0.05, 0) is 96.1 Å². The maximum atomic E-state index is 14.0. The van der Waals surface area contributed by atoms with E-state index in [4.69, 9.17) is 0 Å². The number of nitrogens with one attached hydrogen (secondary N) is 1. The average Bonchev–Trinajstić information content (AvgIpc) is 2.97. The van der Waals surface area contributed by atoms with Crippen LogP contribution in [0.1, 0.15) is 43.1 Å². The van der Waals surface area contributed by atoms with Crippen LogP contribution in [0.15, 0.2) is 102 Å². The van der Waals surface area contributed by atoms with Gasteiger partial charge in [-0.1, -0.05) is 12.1 Å². The number of hydrogen-bond donors (Lipinski definition) is 1. The molecule has 9 heteroatoms. The number of hydrogen-bond acceptors (Lipinski definition) is 4. The van der Waals surface area contributed by atoms with Crippen molar-refractivity contribution in [3.63, 3.8) is 0 Å². The summed E-state index contributed by atoms with van der Waals surface area (Å²) in [6.07, 6.45) is -0.746. The second-order valence-corrected chi connectivity index (χ2v) is 9.33. The first kappa shape index (κ1) is 28.1.